The molecule has 0 atom stereocenters. The third kappa shape index (κ3) is 3.73. The van der Waals surface area contributed by atoms with Crippen molar-refractivity contribution in [1.82, 2.24) is 9.55 Å². The Morgan fingerprint density at radius 1 is 1.47 bits per heavy atom. The number of hydrogen-bond acceptors (Lipinski definition) is 3. The fourth-order valence-electron chi connectivity index (χ4n) is 2.27. The summed E-state index contributed by atoms with van der Waals surface area (Å²) in [6, 6.07) is 0.613. The van der Waals surface area contributed by atoms with Gasteiger partial charge in [0.1, 0.15) is 0 Å². The molecule has 17 heavy (non-hydrogen) atoms. The number of nitrogens with one attached hydrogen (secondary N) is 1. The molecule has 0 aliphatic heterocycles. The SMILES string of the molecule is CC(C)OCCn1ccnc1NC1CCCC1. The summed E-state index contributed by atoms with van der Waals surface area (Å²) in [6.45, 7) is 5.73. The van der Waals surface area contributed by atoms with Gasteiger partial charge in [-0.05, 0) is 26.7 Å². The van der Waals surface area contributed by atoms with Crippen molar-refractivity contribution < 1.29 is 4.74 Å². The average molecular weight is 237 g/mol. The molecule has 0 unspecified atom stereocenters. The Morgan fingerprint density at radius 2 is 2.24 bits per heavy atom. The zero-order chi connectivity index (χ0) is 12.1. The maximum Gasteiger partial charge on any atom is 0.203 e. The molecule has 0 radical (unpaired) electrons. The summed E-state index contributed by atoms with van der Waals surface area (Å²) in [6.07, 6.45) is 9.40. The highest BCUT2D eigenvalue weighted by atomic mass is 16.5. The third-order valence-electron chi connectivity index (χ3n) is 3.19. The van der Waals surface area contributed by atoms with Crippen molar-refractivity contribution in [2.45, 2.75) is 58.2 Å². The van der Waals surface area contributed by atoms with Crippen molar-refractivity contribution in [2.75, 3.05) is 11.9 Å². The normalized spacial score (nSPS) is 16.9. The Hall–Kier alpha value is -1.03. The second-order valence-corrected chi connectivity index (χ2v) is 4.99. The van der Waals surface area contributed by atoms with Gasteiger partial charge in [-0.1, -0.05) is 12.8 Å². The highest BCUT2D eigenvalue weighted by Gasteiger charge is 2.16. The monoisotopic (exact) mass is 237 g/mol. The quantitative estimate of drug-likeness (QED) is 0.826. The van der Waals surface area contributed by atoms with Crippen molar-refractivity contribution in [3.8, 4) is 0 Å². The fourth-order valence-corrected chi connectivity index (χ4v) is 2.27. The topological polar surface area (TPSA) is 39.1 Å². The van der Waals surface area contributed by atoms with Crippen molar-refractivity contribution >= 4 is 5.95 Å². The van der Waals surface area contributed by atoms with Crippen molar-refractivity contribution in [1.29, 1.82) is 0 Å². The molecule has 96 valence electrons. The molecule has 1 aliphatic rings. The maximum absolute atomic E-state index is 5.56. The summed E-state index contributed by atoms with van der Waals surface area (Å²) in [5.74, 6) is 0.990. The standard InChI is InChI=1S/C13H23N3O/c1-11(2)17-10-9-16-8-7-14-13(16)15-12-5-3-4-6-12/h7-8,11-12H,3-6,9-10H2,1-2H3,(H,14,15). The van der Waals surface area contributed by atoms with Gasteiger partial charge in [0, 0.05) is 25.0 Å². The van der Waals surface area contributed by atoms with Crippen LogP contribution in [0, 0.1) is 0 Å². The fraction of sp³-hybridized carbons (Fsp3) is 0.769. The molecule has 1 aromatic heterocycles. The van der Waals surface area contributed by atoms with Crippen LogP contribution in [0.3, 0.4) is 0 Å². The minimum absolute atomic E-state index is 0.296. The number of hydrogen-bond donors (Lipinski definition) is 1. The van der Waals surface area contributed by atoms with Gasteiger partial charge in [0.2, 0.25) is 5.95 Å². The number of imidazole rings is 1. The summed E-state index contributed by atoms with van der Waals surface area (Å²) < 4.78 is 7.70. The Labute approximate surface area is 103 Å². The first-order valence-electron chi connectivity index (χ1n) is 6.65. The van der Waals surface area contributed by atoms with Gasteiger partial charge < -0.3 is 14.6 Å². The second kappa shape index (κ2) is 6.05. The average Bonchev–Trinajstić information content (AvgIpc) is 2.91. The highest BCUT2D eigenvalue weighted by molar-refractivity contribution is 5.27. The number of aromatic nitrogens is 2. The van der Waals surface area contributed by atoms with Crippen LogP contribution < -0.4 is 5.32 Å². The molecule has 0 bridgehead atoms. The Kier molecular flexibility index (Phi) is 4.42. The van der Waals surface area contributed by atoms with E-state index < -0.39 is 0 Å². The smallest absolute Gasteiger partial charge is 0.203 e. The van der Waals surface area contributed by atoms with E-state index in [4.69, 9.17) is 4.74 Å². The van der Waals surface area contributed by atoms with E-state index in [-0.39, 0.29) is 0 Å². The molecule has 1 N–H and O–H groups in total. The Morgan fingerprint density at radius 3 is 2.94 bits per heavy atom. The van der Waals surface area contributed by atoms with Gasteiger partial charge in [-0.3, -0.25) is 0 Å². The maximum atomic E-state index is 5.56. The molecule has 0 spiro atoms. The lowest BCUT2D eigenvalue weighted by atomic mass is 10.2. The summed E-state index contributed by atoms with van der Waals surface area (Å²) in [5.41, 5.74) is 0. The second-order valence-electron chi connectivity index (χ2n) is 4.99. The van der Waals surface area contributed by atoms with Crippen LogP contribution in [0.4, 0.5) is 5.95 Å². The van der Waals surface area contributed by atoms with Crippen molar-refractivity contribution in [2.24, 2.45) is 0 Å². The first-order valence-corrected chi connectivity index (χ1v) is 6.65. The molecule has 0 saturated heterocycles. The predicted octanol–water partition coefficient (Wildman–Crippen LogP) is 2.66. The third-order valence-corrected chi connectivity index (χ3v) is 3.19. The van der Waals surface area contributed by atoms with Gasteiger partial charge >= 0.3 is 0 Å². The van der Waals surface area contributed by atoms with Crippen LogP contribution in [0.5, 0.6) is 0 Å². The zero-order valence-corrected chi connectivity index (χ0v) is 10.9. The highest BCUT2D eigenvalue weighted by Crippen LogP contribution is 2.21. The summed E-state index contributed by atoms with van der Waals surface area (Å²) in [5, 5.41) is 3.52. The van der Waals surface area contributed by atoms with E-state index in [2.05, 4.69) is 28.7 Å². The van der Waals surface area contributed by atoms with Crippen molar-refractivity contribution in [3.63, 3.8) is 0 Å². The van der Waals surface area contributed by atoms with E-state index in [0.29, 0.717) is 12.1 Å². The van der Waals surface area contributed by atoms with Gasteiger partial charge in [-0.15, -0.1) is 0 Å². The molecule has 4 nitrogen and oxygen atoms in total. The minimum atomic E-state index is 0.296. The van der Waals surface area contributed by atoms with Crippen LogP contribution in [0.2, 0.25) is 0 Å². The van der Waals surface area contributed by atoms with Crippen LogP contribution in [0.1, 0.15) is 39.5 Å². The summed E-state index contributed by atoms with van der Waals surface area (Å²) >= 11 is 0. The number of rotatable bonds is 6. The largest absolute Gasteiger partial charge is 0.377 e. The van der Waals surface area contributed by atoms with Crippen LogP contribution in [-0.4, -0.2) is 28.3 Å². The number of anilines is 1. The molecule has 1 aliphatic carbocycles. The molecule has 4 heteroatoms. The molecule has 0 amide bonds. The molecule has 1 fully saturated rings. The van der Waals surface area contributed by atoms with E-state index in [0.717, 1.165) is 19.1 Å². The molecule has 1 aromatic rings. The molecule has 1 heterocycles. The Balaban J connectivity index is 1.83. The van der Waals surface area contributed by atoms with E-state index >= 15 is 0 Å². The lowest BCUT2D eigenvalue weighted by molar-refractivity contribution is 0.0730. The van der Waals surface area contributed by atoms with Gasteiger partial charge in [0.05, 0.1) is 12.7 Å². The zero-order valence-electron chi connectivity index (χ0n) is 10.9. The number of nitrogens with zero attached hydrogens (tertiary/aromatic N) is 2. The molecule has 1 saturated carbocycles. The van der Waals surface area contributed by atoms with Gasteiger partial charge in [-0.25, -0.2) is 4.98 Å². The first kappa shape index (κ1) is 12.4. The molecular weight excluding hydrogens is 214 g/mol. The van der Waals surface area contributed by atoms with E-state index in [1.807, 2.05) is 12.4 Å². The van der Waals surface area contributed by atoms with E-state index in [1.54, 1.807) is 0 Å². The van der Waals surface area contributed by atoms with E-state index in [9.17, 15) is 0 Å². The predicted molar refractivity (Wildman–Crippen MR) is 69.2 cm³/mol. The summed E-state index contributed by atoms with van der Waals surface area (Å²) in [4.78, 5) is 4.37. The number of ether oxygens (including phenoxy) is 1. The lowest BCUT2D eigenvalue weighted by Crippen LogP contribution is -2.19. The van der Waals surface area contributed by atoms with Gasteiger partial charge in [0.15, 0.2) is 0 Å². The van der Waals surface area contributed by atoms with Gasteiger partial charge in [0.25, 0.3) is 0 Å². The van der Waals surface area contributed by atoms with Gasteiger partial charge in [-0.2, -0.15) is 0 Å². The lowest BCUT2D eigenvalue weighted by Gasteiger charge is -2.15. The summed E-state index contributed by atoms with van der Waals surface area (Å²) in [7, 11) is 0. The molecule has 0 aromatic carbocycles. The van der Waals surface area contributed by atoms with Crippen LogP contribution >= 0.6 is 0 Å². The van der Waals surface area contributed by atoms with Crippen LogP contribution in [0.15, 0.2) is 12.4 Å². The Bertz CT molecular complexity index is 329. The first-order chi connectivity index (χ1) is 8.25. The van der Waals surface area contributed by atoms with Crippen LogP contribution in [-0.2, 0) is 11.3 Å². The van der Waals surface area contributed by atoms with Crippen LogP contribution in [0.25, 0.3) is 0 Å². The van der Waals surface area contributed by atoms with E-state index in [1.165, 1.54) is 25.7 Å². The molecular formula is C13H23N3O. The minimum Gasteiger partial charge on any atom is -0.377 e. The van der Waals surface area contributed by atoms with Crippen molar-refractivity contribution in [3.05, 3.63) is 12.4 Å². The molecule has 2 rings (SSSR count).